The molecule has 0 spiro atoms. The monoisotopic (exact) mass is 270 g/mol. The minimum atomic E-state index is -0.501. The van der Waals surface area contributed by atoms with Crippen molar-refractivity contribution in [3.05, 3.63) is 0 Å². The molecule has 1 aliphatic carbocycles. The summed E-state index contributed by atoms with van der Waals surface area (Å²) >= 11 is 0. The largest absolute Gasteiger partial charge is 0.394 e. The van der Waals surface area contributed by atoms with Gasteiger partial charge in [0.15, 0.2) is 0 Å². The number of aliphatic hydroxyl groups excluding tert-OH is 2. The van der Waals surface area contributed by atoms with Crippen molar-refractivity contribution in [1.29, 1.82) is 0 Å². The third-order valence-electron chi connectivity index (χ3n) is 5.21. The highest BCUT2D eigenvalue weighted by atomic mass is 16.3. The quantitative estimate of drug-likeness (QED) is 0.582. The summed E-state index contributed by atoms with van der Waals surface area (Å²) in [6.45, 7) is 3.21. The molecule has 4 N–H and O–H groups in total. The second-order valence-corrected chi connectivity index (χ2v) is 6.35. The lowest BCUT2D eigenvalue weighted by molar-refractivity contribution is 0.0573. The van der Waals surface area contributed by atoms with Gasteiger partial charge in [0.25, 0.3) is 0 Å². The molecule has 1 heterocycles. The zero-order chi connectivity index (χ0) is 13.7. The molecule has 1 aliphatic heterocycles. The number of hydrogen-bond acceptors (Lipinski definition) is 4. The molecule has 19 heavy (non-hydrogen) atoms. The summed E-state index contributed by atoms with van der Waals surface area (Å²) < 4.78 is 0. The van der Waals surface area contributed by atoms with Crippen molar-refractivity contribution in [1.82, 2.24) is 10.6 Å². The van der Waals surface area contributed by atoms with Crippen LogP contribution in [0.25, 0.3) is 0 Å². The Hall–Kier alpha value is -0.160. The van der Waals surface area contributed by atoms with Crippen LogP contribution in [0.15, 0.2) is 0 Å². The van der Waals surface area contributed by atoms with Crippen LogP contribution >= 0.6 is 0 Å². The smallest absolute Gasteiger partial charge is 0.0647 e. The first-order chi connectivity index (χ1) is 9.24. The average Bonchev–Trinajstić information content (AvgIpc) is 2.99. The molecule has 0 amide bonds. The van der Waals surface area contributed by atoms with E-state index in [2.05, 4.69) is 10.6 Å². The molecule has 1 saturated heterocycles. The summed E-state index contributed by atoms with van der Waals surface area (Å²) in [5.41, 5.74) is -0.501. The highest BCUT2D eigenvalue weighted by molar-refractivity contribution is 4.97. The molecule has 2 rings (SSSR count). The van der Waals surface area contributed by atoms with Gasteiger partial charge < -0.3 is 20.8 Å². The van der Waals surface area contributed by atoms with E-state index < -0.39 is 5.54 Å². The van der Waals surface area contributed by atoms with Gasteiger partial charge in [-0.15, -0.1) is 0 Å². The fourth-order valence-electron chi connectivity index (χ4n) is 3.76. The van der Waals surface area contributed by atoms with Crippen molar-refractivity contribution in [2.75, 3.05) is 19.8 Å². The van der Waals surface area contributed by atoms with Gasteiger partial charge in [0.1, 0.15) is 0 Å². The molecule has 2 aliphatic rings. The lowest BCUT2D eigenvalue weighted by Gasteiger charge is -2.42. The Labute approximate surface area is 117 Å². The third-order valence-corrected chi connectivity index (χ3v) is 5.21. The van der Waals surface area contributed by atoms with Crippen LogP contribution in [0.2, 0.25) is 0 Å². The van der Waals surface area contributed by atoms with E-state index in [-0.39, 0.29) is 13.2 Å². The zero-order valence-electron chi connectivity index (χ0n) is 12.2. The summed E-state index contributed by atoms with van der Waals surface area (Å²) in [7, 11) is 0. The summed E-state index contributed by atoms with van der Waals surface area (Å²) in [6, 6.07) is 1.06. The standard InChI is InChI=1S/C15H30N2O2/c1-2-15(10-18,11-19)17-14-7-4-3-6-12(14)13-8-5-9-16-13/h12-14,16-19H,2-11H2,1H3. The van der Waals surface area contributed by atoms with Gasteiger partial charge in [-0.1, -0.05) is 19.8 Å². The summed E-state index contributed by atoms with van der Waals surface area (Å²) in [5, 5.41) is 26.5. The van der Waals surface area contributed by atoms with Crippen LogP contribution in [0.4, 0.5) is 0 Å². The minimum Gasteiger partial charge on any atom is -0.394 e. The maximum atomic E-state index is 9.62. The van der Waals surface area contributed by atoms with Gasteiger partial charge in [0.05, 0.1) is 18.8 Å². The number of rotatable bonds is 6. The molecule has 112 valence electrons. The highest BCUT2D eigenvalue weighted by Crippen LogP contribution is 2.32. The number of aliphatic hydroxyl groups is 2. The van der Waals surface area contributed by atoms with Crippen molar-refractivity contribution in [2.45, 2.75) is 69.5 Å². The van der Waals surface area contributed by atoms with Gasteiger partial charge >= 0.3 is 0 Å². The van der Waals surface area contributed by atoms with Crippen LogP contribution in [-0.4, -0.2) is 47.6 Å². The van der Waals surface area contributed by atoms with E-state index in [0.29, 0.717) is 18.0 Å². The molecule has 0 aromatic carbocycles. The predicted octanol–water partition coefficient (Wildman–Crippen LogP) is 1.02. The van der Waals surface area contributed by atoms with E-state index >= 15 is 0 Å². The Morgan fingerprint density at radius 3 is 2.42 bits per heavy atom. The van der Waals surface area contributed by atoms with Crippen molar-refractivity contribution in [3.8, 4) is 0 Å². The Balaban J connectivity index is 2.02. The SMILES string of the molecule is CCC(CO)(CO)NC1CCCCC1C1CCCN1. The first kappa shape index (κ1) is 15.2. The molecular formula is C15H30N2O2. The number of hydrogen-bond donors (Lipinski definition) is 4. The second kappa shape index (κ2) is 7.02. The van der Waals surface area contributed by atoms with Crippen LogP contribution in [0, 0.1) is 5.92 Å². The van der Waals surface area contributed by atoms with Crippen molar-refractivity contribution in [3.63, 3.8) is 0 Å². The van der Waals surface area contributed by atoms with Gasteiger partial charge in [0, 0.05) is 12.1 Å². The molecule has 1 saturated carbocycles. The molecule has 0 radical (unpaired) electrons. The minimum absolute atomic E-state index is 0.0152. The fraction of sp³-hybridized carbons (Fsp3) is 1.00. The fourth-order valence-corrected chi connectivity index (χ4v) is 3.76. The Bertz CT molecular complexity index is 255. The average molecular weight is 270 g/mol. The topological polar surface area (TPSA) is 64.5 Å². The predicted molar refractivity (Wildman–Crippen MR) is 77.1 cm³/mol. The van der Waals surface area contributed by atoms with Crippen LogP contribution in [0.1, 0.15) is 51.9 Å². The van der Waals surface area contributed by atoms with Crippen molar-refractivity contribution >= 4 is 0 Å². The molecule has 0 aromatic rings. The first-order valence-electron chi connectivity index (χ1n) is 7.97. The maximum Gasteiger partial charge on any atom is 0.0647 e. The summed E-state index contributed by atoms with van der Waals surface area (Å²) in [5.74, 6) is 0.653. The summed E-state index contributed by atoms with van der Waals surface area (Å²) in [4.78, 5) is 0. The van der Waals surface area contributed by atoms with E-state index in [0.717, 1.165) is 13.0 Å². The van der Waals surface area contributed by atoms with Crippen LogP contribution < -0.4 is 10.6 Å². The molecule has 2 fully saturated rings. The molecule has 3 atom stereocenters. The number of nitrogens with one attached hydrogen (secondary N) is 2. The maximum absolute atomic E-state index is 9.62. The third kappa shape index (κ3) is 3.48. The molecular weight excluding hydrogens is 240 g/mol. The lowest BCUT2D eigenvalue weighted by Crippen LogP contribution is -2.59. The van der Waals surface area contributed by atoms with Gasteiger partial charge in [0.2, 0.25) is 0 Å². The van der Waals surface area contributed by atoms with Crippen LogP contribution in [-0.2, 0) is 0 Å². The molecule has 4 heteroatoms. The van der Waals surface area contributed by atoms with E-state index in [1.54, 1.807) is 0 Å². The Morgan fingerprint density at radius 2 is 1.84 bits per heavy atom. The van der Waals surface area contributed by atoms with Crippen LogP contribution in [0.5, 0.6) is 0 Å². The van der Waals surface area contributed by atoms with Crippen molar-refractivity contribution in [2.24, 2.45) is 5.92 Å². The molecule has 0 bridgehead atoms. The van der Waals surface area contributed by atoms with E-state index in [1.165, 1.54) is 38.5 Å². The van der Waals surface area contributed by atoms with Gasteiger partial charge in [-0.3, -0.25) is 0 Å². The Kier molecular flexibility index (Phi) is 5.63. The molecule has 4 nitrogen and oxygen atoms in total. The molecule has 0 aromatic heterocycles. The van der Waals surface area contributed by atoms with Crippen LogP contribution in [0.3, 0.4) is 0 Å². The van der Waals surface area contributed by atoms with E-state index in [1.807, 2.05) is 6.92 Å². The van der Waals surface area contributed by atoms with Gasteiger partial charge in [-0.2, -0.15) is 0 Å². The van der Waals surface area contributed by atoms with E-state index in [9.17, 15) is 10.2 Å². The second-order valence-electron chi connectivity index (χ2n) is 6.35. The van der Waals surface area contributed by atoms with E-state index in [4.69, 9.17) is 0 Å². The summed E-state index contributed by atoms with van der Waals surface area (Å²) in [6.07, 6.45) is 8.35. The highest BCUT2D eigenvalue weighted by Gasteiger charge is 2.37. The van der Waals surface area contributed by atoms with Crippen molar-refractivity contribution < 1.29 is 10.2 Å². The van der Waals surface area contributed by atoms with Gasteiger partial charge in [-0.25, -0.2) is 0 Å². The lowest BCUT2D eigenvalue weighted by atomic mass is 9.78. The zero-order valence-corrected chi connectivity index (χ0v) is 12.2. The molecule has 3 unspecified atom stereocenters. The van der Waals surface area contributed by atoms with Gasteiger partial charge in [-0.05, 0) is 44.6 Å². The Morgan fingerprint density at radius 1 is 1.11 bits per heavy atom. The first-order valence-corrected chi connectivity index (χ1v) is 7.97. The normalized spacial score (nSPS) is 32.7.